The van der Waals surface area contributed by atoms with Crippen molar-refractivity contribution >= 4 is 34.2 Å². The number of cyclic esters (lactones) is 1. The summed E-state index contributed by atoms with van der Waals surface area (Å²) in [7, 11) is -3.98. The van der Waals surface area contributed by atoms with Crippen LogP contribution in [0.3, 0.4) is 0 Å². The van der Waals surface area contributed by atoms with Crippen molar-refractivity contribution < 1.29 is 18.4 Å². The van der Waals surface area contributed by atoms with Crippen LogP contribution < -0.4 is 0 Å². The van der Waals surface area contributed by atoms with Crippen LogP contribution in [0, 0.1) is 0 Å². The summed E-state index contributed by atoms with van der Waals surface area (Å²) in [5.41, 5.74) is 0. The van der Waals surface area contributed by atoms with Gasteiger partial charge in [0, 0.05) is 0 Å². The van der Waals surface area contributed by atoms with E-state index in [1.165, 1.54) is 0 Å². The number of rotatable bonds is 5. The standard InChI is InChI=1S/C17H35ClO4Si2/c1-16(2,3)23(7,8)20-11-12-14(13(18)15(19)21-12)22-24(9,10)17(4,5)6/h12-14H,11H2,1-10H3/t12-,13+,14-/m1/s1. The van der Waals surface area contributed by atoms with Crippen molar-refractivity contribution in [1.82, 2.24) is 0 Å². The predicted molar refractivity (Wildman–Crippen MR) is 105 cm³/mol. The first-order valence-electron chi connectivity index (χ1n) is 8.66. The highest BCUT2D eigenvalue weighted by molar-refractivity contribution is 6.74. The van der Waals surface area contributed by atoms with Gasteiger partial charge >= 0.3 is 5.97 Å². The Hall–Kier alpha value is 0.114. The largest absolute Gasteiger partial charge is 0.456 e. The van der Waals surface area contributed by atoms with Gasteiger partial charge in [0.15, 0.2) is 28.1 Å². The molecular weight excluding hydrogens is 360 g/mol. The van der Waals surface area contributed by atoms with E-state index in [1.807, 2.05) is 0 Å². The number of hydrogen-bond donors (Lipinski definition) is 0. The Morgan fingerprint density at radius 2 is 1.46 bits per heavy atom. The molecule has 0 radical (unpaired) electrons. The third-order valence-corrected chi connectivity index (χ3v) is 15.2. The van der Waals surface area contributed by atoms with Gasteiger partial charge in [-0.1, -0.05) is 41.5 Å². The summed E-state index contributed by atoms with van der Waals surface area (Å²) >= 11 is 6.30. The van der Waals surface area contributed by atoms with Gasteiger partial charge in [-0.25, -0.2) is 0 Å². The zero-order chi connectivity index (χ0) is 19.1. The highest BCUT2D eigenvalue weighted by Crippen LogP contribution is 2.41. The average Bonchev–Trinajstić information content (AvgIpc) is 2.61. The molecule has 0 aromatic rings. The molecule has 0 N–H and O–H groups in total. The Morgan fingerprint density at radius 3 is 1.88 bits per heavy atom. The Kier molecular flexibility index (Phi) is 6.48. The predicted octanol–water partition coefficient (Wildman–Crippen LogP) is 4.93. The molecule has 1 saturated heterocycles. The lowest BCUT2D eigenvalue weighted by molar-refractivity contribution is -0.142. The van der Waals surface area contributed by atoms with Crippen LogP contribution >= 0.6 is 11.6 Å². The van der Waals surface area contributed by atoms with Crippen LogP contribution in [0.5, 0.6) is 0 Å². The molecule has 1 fully saturated rings. The quantitative estimate of drug-likeness (QED) is 0.376. The molecule has 1 aliphatic heterocycles. The van der Waals surface area contributed by atoms with E-state index >= 15 is 0 Å². The van der Waals surface area contributed by atoms with Crippen molar-refractivity contribution in [3.05, 3.63) is 0 Å². The number of carbonyl (C=O) groups is 1. The number of ether oxygens (including phenoxy) is 1. The highest BCUT2D eigenvalue weighted by Gasteiger charge is 2.50. The molecule has 3 atom stereocenters. The van der Waals surface area contributed by atoms with Crippen LogP contribution in [0.15, 0.2) is 0 Å². The number of esters is 1. The molecule has 0 bridgehead atoms. The lowest BCUT2D eigenvalue weighted by atomic mass is 10.2. The molecule has 0 aromatic carbocycles. The van der Waals surface area contributed by atoms with Crippen LogP contribution in [-0.4, -0.2) is 46.8 Å². The van der Waals surface area contributed by atoms with Crippen molar-refractivity contribution in [3.8, 4) is 0 Å². The topological polar surface area (TPSA) is 44.8 Å². The van der Waals surface area contributed by atoms with Crippen molar-refractivity contribution in [2.45, 2.75) is 95.4 Å². The van der Waals surface area contributed by atoms with Crippen LogP contribution in [-0.2, 0) is 18.4 Å². The Bertz CT molecular complexity index is 466. The summed E-state index contributed by atoms with van der Waals surface area (Å²) in [6, 6.07) is 0. The summed E-state index contributed by atoms with van der Waals surface area (Å²) in [5.74, 6) is -0.399. The van der Waals surface area contributed by atoms with Crippen LogP contribution in [0.4, 0.5) is 0 Å². The molecular formula is C17H35ClO4Si2. The summed E-state index contributed by atoms with van der Waals surface area (Å²) in [6.07, 6.45) is -0.868. The first-order valence-corrected chi connectivity index (χ1v) is 14.9. The van der Waals surface area contributed by atoms with Crippen LogP contribution in [0.1, 0.15) is 41.5 Å². The SMILES string of the molecule is CC(C)(C)[Si](C)(C)OC[C@H]1OC(=O)[C@@H](Cl)[C@@H]1O[Si](C)(C)C(C)(C)C. The molecule has 4 nitrogen and oxygen atoms in total. The molecule has 0 aliphatic carbocycles. The summed E-state index contributed by atoms with van der Waals surface area (Å²) in [5, 5.41) is -0.613. The van der Waals surface area contributed by atoms with E-state index in [9.17, 15) is 4.79 Å². The highest BCUT2D eigenvalue weighted by atomic mass is 35.5. The van der Waals surface area contributed by atoms with Crippen molar-refractivity contribution in [2.24, 2.45) is 0 Å². The van der Waals surface area contributed by atoms with E-state index in [0.717, 1.165) is 0 Å². The maximum absolute atomic E-state index is 12.0. The monoisotopic (exact) mass is 394 g/mol. The Morgan fingerprint density at radius 1 is 1.00 bits per heavy atom. The maximum atomic E-state index is 12.0. The zero-order valence-corrected chi connectivity index (χ0v) is 19.7. The molecule has 1 heterocycles. The van der Waals surface area contributed by atoms with Crippen molar-refractivity contribution in [1.29, 1.82) is 0 Å². The van der Waals surface area contributed by atoms with Gasteiger partial charge in [0.2, 0.25) is 0 Å². The van der Waals surface area contributed by atoms with Crippen molar-refractivity contribution in [3.63, 3.8) is 0 Å². The van der Waals surface area contributed by atoms with E-state index in [-0.39, 0.29) is 10.1 Å². The average molecular weight is 395 g/mol. The number of halogens is 1. The minimum absolute atomic E-state index is 0.0418. The third kappa shape index (κ3) is 4.84. The minimum atomic E-state index is -2.06. The van der Waals surface area contributed by atoms with Gasteiger partial charge in [-0.3, -0.25) is 4.79 Å². The molecule has 1 rings (SSSR count). The molecule has 142 valence electrons. The fourth-order valence-electron chi connectivity index (χ4n) is 1.89. The van der Waals surface area contributed by atoms with Gasteiger partial charge in [0.25, 0.3) is 0 Å². The smallest absolute Gasteiger partial charge is 0.327 e. The first-order chi connectivity index (χ1) is 10.5. The van der Waals surface area contributed by atoms with Gasteiger partial charge < -0.3 is 13.6 Å². The number of alkyl halides is 1. The first kappa shape index (κ1) is 22.2. The summed E-state index contributed by atoms with van der Waals surface area (Å²) < 4.78 is 18.1. The summed E-state index contributed by atoms with van der Waals surface area (Å²) in [6.45, 7) is 22.1. The lowest BCUT2D eigenvalue weighted by Crippen LogP contribution is -2.50. The van der Waals surface area contributed by atoms with Gasteiger partial charge in [-0.05, 0) is 36.3 Å². The van der Waals surface area contributed by atoms with E-state index in [1.54, 1.807) is 0 Å². The molecule has 0 amide bonds. The fraction of sp³-hybridized carbons (Fsp3) is 0.941. The Labute approximate surface area is 154 Å². The van der Waals surface area contributed by atoms with E-state index < -0.39 is 40.2 Å². The van der Waals surface area contributed by atoms with E-state index in [2.05, 4.69) is 67.7 Å². The van der Waals surface area contributed by atoms with Gasteiger partial charge in [-0.15, -0.1) is 11.6 Å². The molecule has 1 aliphatic rings. The van der Waals surface area contributed by atoms with Crippen molar-refractivity contribution in [2.75, 3.05) is 6.61 Å². The Balaban J connectivity index is 2.88. The van der Waals surface area contributed by atoms with Gasteiger partial charge in [0.05, 0.1) is 6.61 Å². The molecule has 0 saturated carbocycles. The van der Waals surface area contributed by atoms with E-state index in [0.29, 0.717) is 6.61 Å². The maximum Gasteiger partial charge on any atom is 0.327 e. The second-order valence-electron chi connectivity index (χ2n) is 9.79. The van der Waals surface area contributed by atoms with Crippen LogP contribution in [0.25, 0.3) is 0 Å². The fourth-order valence-corrected chi connectivity index (χ4v) is 4.58. The second kappa shape index (κ2) is 7.02. The molecule has 0 aromatic heterocycles. The molecule has 24 heavy (non-hydrogen) atoms. The van der Waals surface area contributed by atoms with Gasteiger partial charge in [0.1, 0.15) is 6.10 Å². The molecule has 0 spiro atoms. The molecule has 7 heteroatoms. The number of carbonyl (C=O) groups excluding carboxylic acids is 1. The number of hydrogen-bond acceptors (Lipinski definition) is 4. The summed E-state index contributed by atoms with van der Waals surface area (Å²) in [4.78, 5) is 12.0. The normalized spacial score (nSPS) is 26.6. The minimum Gasteiger partial charge on any atom is -0.456 e. The molecule has 0 unspecified atom stereocenters. The van der Waals surface area contributed by atoms with E-state index in [4.69, 9.17) is 25.2 Å². The zero-order valence-electron chi connectivity index (χ0n) is 17.0. The van der Waals surface area contributed by atoms with Gasteiger partial charge in [-0.2, -0.15) is 0 Å². The second-order valence-corrected chi connectivity index (χ2v) is 19.8. The third-order valence-electron chi connectivity index (χ3n) is 5.80. The van der Waals surface area contributed by atoms with Crippen LogP contribution in [0.2, 0.25) is 36.3 Å². The lowest BCUT2D eigenvalue weighted by Gasteiger charge is -2.40.